The number of carbonyl (C=O) groups excluding carboxylic acids is 1. The first kappa shape index (κ1) is 8.14. The van der Waals surface area contributed by atoms with Crippen LogP contribution >= 0.6 is 11.8 Å². The molecule has 2 nitrogen and oxygen atoms in total. The van der Waals surface area contributed by atoms with Crippen molar-refractivity contribution < 1.29 is 4.79 Å². The Morgan fingerprint density at radius 1 is 1.36 bits per heavy atom. The number of rotatable bonds is 2. The van der Waals surface area contributed by atoms with Crippen molar-refractivity contribution in [1.82, 2.24) is 5.73 Å². The summed E-state index contributed by atoms with van der Waals surface area (Å²) in [5, 5.41) is 0. The van der Waals surface area contributed by atoms with Crippen LogP contribution in [-0.4, -0.2) is 12.2 Å². The van der Waals surface area contributed by atoms with Gasteiger partial charge in [-0.25, -0.2) is 0 Å². The molecule has 0 fully saturated rings. The lowest BCUT2D eigenvalue weighted by Gasteiger charge is -1.95. The molecule has 1 rings (SSSR count). The molecule has 0 heterocycles. The molecular weight excluding hydrogens is 158 g/mol. The fraction of sp³-hybridized carbons (Fsp3) is 0.125. The highest BCUT2D eigenvalue weighted by atomic mass is 32.2. The third-order valence-electron chi connectivity index (χ3n) is 1.35. The zero-order valence-corrected chi connectivity index (χ0v) is 6.94. The average Bonchev–Trinajstić information content (AvgIpc) is 2.05. The van der Waals surface area contributed by atoms with E-state index in [1.807, 2.05) is 18.4 Å². The predicted octanol–water partition coefficient (Wildman–Crippen LogP) is 1.83. The van der Waals surface area contributed by atoms with E-state index in [2.05, 4.69) is 0 Å². The van der Waals surface area contributed by atoms with Crippen LogP contribution in [0.1, 0.15) is 10.4 Å². The lowest BCUT2D eigenvalue weighted by Crippen LogP contribution is -1.97. The van der Waals surface area contributed by atoms with Crippen molar-refractivity contribution in [3.63, 3.8) is 0 Å². The van der Waals surface area contributed by atoms with Crippen LogP contribution in [0.15, 0.2) is 29.2 Å². The first-order chi connectivity index (χ1) is 5.24. The Labute approximate surface area is 69.8 Å². The van der Waals surface area contributed by atoms with Gasteiger partial charge in [0.05, 0.1) is 0 Å². The molecule has 0 aliphatic rings. The van der Waals surface area contributed by atoms with E-state index in [0.717, 1.165) is 4.90 Å². The van der Waals surface area contributed by atoms with Crippen molar-refractivity contribution in [2.24, 2.45) is 0 Å². The van der Waals surface area contributed by atoms with Gasteiger partial charge in [-0.3, -0.25) is 10.5 Å². The summed E-state index contributed by atoms with van der Waals surface area (Å²) in [6, 6.07) is 7.02. The van der Waals surface area contributed by atoms with Crippen LogP contribution in [0.4, 0.5) is 0 Å². The number of amides is 1. The third-order valence-corrected chi connectivity index (χ3v) is 2.10. The highest BCUT2D eigenvalue weighted by molar-refractivity contribution is 7.98. The largest absolute Gasteiger partial charge is 0.269 e. The van der Waals surface area contributed by atoms with E-state index in [4.69, 9.17) is 5.73 Å². The molecule has 1 aromatic carbocycles. The van der Waals surface area contributed by atoms with Crippen molar-refractivity contribution in [3.05, 3.63) is 29.8 Å². The van der Waals surface area contributed by atoms with E-state index in [9.17, 15) is 4.79 Å². The van der Waals surface area contributed by atoms with E-state index in [1.165, 1.54) is 0 Å². The Kier molecular flexibility index (Phi) is 2.54. The summed E-state index contributed by atoms with van der Waals surface area (Å²) in [6.45, 7) is 0. The van der Waals surface area contributed by atoms with Gasteiger partial charge in [-0.05, 0) is 30.5 Å². The van der Waals surface area contributed by atoms with Gasteiger partial charge in [0.1, 0.15) is 0 Å². The molecule has 0 atom stereocenters. The molecule has 1 radical (unpaired) electrons. The van der Waals surface area contributed by atoms with Gasteiger partial charge in [-0.2, -0.15) is 0 Å². The first-order valence-corrected chi connectivity index (χ1v) is 4.36. The van der Waals surface area contributed by atoms with Gasteiger partial charge in [-0.15, -0.1) is 11.8 Å². The van der Waals surface area contributed by atoms with Crippen LogP contribution in [0, 0.1) is 0 Å². The SMILES string of the molecule is CSc1ccc(C([NH])=O)cc1. The Morgan fingerprint density at radius 3 is 2.27 bits per heavy atom. The summed E-state index contributed by atoms with van der Waals surface area (Å²) in [5.74, 6) is -0.627. The topological polar surface area (TPSA) is 40.9 Å². The summed E-state index contributed by atoms with van der Waals surface area (Å²) in [4.78, 5) is 11.6. The van der Waals surface area contributed by atoms with Crippen LogP contribution in [-0.2, 0) is 0 Å². The normalized spacial score (nSPS) is 9.55. The average molecular weight is 166 g/mol. The number of hydrogen-bond acceptors (Lipinski definition) is 2. The van der Waals surface area contributed by atoms with Crippen molar-refractivity contribution >= 4 is 17.7 Å². The van der Waals surface area contributed by atoms with E-state index in [-0.39, 0.29) is 0 Å². The monoisotopic (exact) mass is 166 g/mol. The Morgan fingerprint density at radius 2 is 1.91 bits per heavy atom. The van der Waals surface area contributed by atoms with Gasteiger partial charge in [-0.1, -0.05) is 0 Å². The van der Waals surface area contributed by atoms with Crippen molar-refractivity contribution in [1.29, 1.82) is 0 Å². The molecule has 0 saturated heterocycles. The Balaban J connectivity index is 2.91. The number of hydrogen-bond donors (Lipinski definition) is 0. The number of thioether (sulfide) groups is 1. The minimum Gasteiger partial charge on any atom is -0.267 e. The number of nitrogens with one attached hydrogen (secondary N) is 1. The second kappa shape index (κ2) is 3.44. The first-order valence-electron chi connectivity index (χ1n) is 3.14. The fourth-order valence-corrected chi connectivity index (χ4v) is 1.15. The summed E-state index contributed by atoms with van der Waals surface area (Å²) in [7, 11) is 0. The zero-order chi connectivity index (χ0) is 8.27. The molecule has 1 N–H and O–H groups in total. The van der Waals surface area contributed by atoms with Crippen molar-refractivity contribution in [2.45, 2.75) is 4.90 Å². The second-order valence-corrected chi connectivity index (χ2v) is 2.94. The van der Waals surface area contributed by atoms with Crippen molar-refractivity contribution in [3.8, 4) is 0 Å². The molecule has 0 aromatic heterocycles. The molecule has 3 heteroatoms. The summed E-state index contributed by atoms with van der Waals surface area (Å²) in [5.41, 5.74) is 7.25. The number of carbonyl (C=O) groups is 1. The van der Waals surface area contributed by atoms with E-state index in [0.29, 0.717) is 5.56 Å². The van der Waals surface area contributed by atoms with Gasteiger partial charge in [0.15, 0.2) is 0 Å². The molecule has 0 saturated carbocycles. The van der Waals surface area contributed by atoms with Gasteiger partial charge in [0.2, 0.25) is 0 Å². The van der Waals surface area contributed by atoms with E-state index in [1.54, 1.807) is 23.9 Å². The smallest absolute Gasteiger partial charge is 0.267 e. The molecule has 0 bridgehead atoms. The van der Waals surface area contributed by atoms with Crippen molar-refractivity contribution in [2.75, 3.05) is 6.26 Å². The minimum atomic E-state index is -0.627. The maximum atomic E-state index is 10.5. The predicted molar refractivity (Wildman–Crippen MR) is 45.7 cm³/mol. The summed E-state index contributed by atoms with van der Waals surface area (Å²) >= 11 is 1.62. The Bertz CT molecular complexity index is 255. The second-order valence-electron chi connectivity index (χ2n) is 2.06. The molecule has 0 spiro atoms. The standard InChI is InChI=1S/C8H8NOS/c1-11-7-4-2-6(3-5-7)8(9)10/h2-5,9H,1H3. The highest BCUT2D eigenvalue weighted by Crippen LogP contribution is 2.14. The van der Waals surface area contributed by atoms with Crippen LogP contribution in [0.5, 0.6) is 0 Å². The van der Waals surface area contributed by atoms with Gasteiger partial charge < -0.3 is 0 Å². The van der Waals surface area contributed by atoms with Gasteiger partial charge in [0.25, 0.3) is 5.91 Å². The van der Waals surface area contributed by atoms with Gasteiger partial charge >= 0.3 is 0 Å². The molecule has 0 aliphatic carbocycles. The summed E-state index contributed by atoms with van der Waals surface area (Å²) < 4.78 is 0. The molecule has 0 unspecified atom stereocenters. The molecule has 11 heavy (non-hydrogen) atoms. The number of benzene rings is 1. The quantitative estimate of drug-likeness (QED) is 0.629. The Hall–Kier alpha value is -0.960. The van der Waals surface area contributed by atoms with Crippen LogP contribution in [0.3, 0.4) is 0 Å². The molecule has 1 aromatic rings. The molecule has 57 valence electrons. The fourth-order valence-electron chi connectivity index (χ4n) is 0.742. The third kappa shape index (κ3) is 1.98. The van der Waals surface area contributed by atoms with E-state index < -0.39 is 5.91 Å². The van der Waals surface area contributed by atoms with Crippen LogP contribution < -0.4 is 5.73 Å². The highest BCUT2D eigenvalue weighted by Gasteiger charge is 1.98. The van der Waals surface area contributed by atoms with E-state index >= 15 is 0 Å². The lowest BCUT2D eigenvalue weighted by molar-refractivity contribution is 0.0992. The maximum absolute atomic E-state index is 10.5. The minimum absolute atomic E-state index is 0.447. The maximum Gasteiger partial charge on any atom is 0.269 e. The molecule has 0 aliphatic heterocycles. The zero-order valence-electron chi connectivity index (χ0n) is 6.13. The van der Waals surface area contributed by atoms with Crippen LogP contribution in [0.2, 0.25) is 0 Å². The van der Waals surface area contributed by atoms with Gasteiger partial charge in [0, 0.05) is 10.5 Å². The summed E-state index contributed by atoms with van der Waals surface area (Å²) in [6.07, 6.45) is 1.97. The van der Waals surface area contributed by atoms with Crippen LogP contribution in [0.25, 0.3) is 0 Å². The molecule has 1 amide bonds. The lowest BCUT2D eigenvalue weighted by atomic mass is 10.2. The molecular formula is C8H8NOS.